The summed E-state index contributed by atoms with van der Waals surface area (Å²) in [5.74, 6) is -5.11. The Morgan fingerprint density at radius 2 is 1.83 bits per heavy atom. The smallest absolute Gasteiger partial charge is 0.419 e. The summed E-state index contributed by atoms with van der Waals surface area (Å²) >= 11 is 5.56. The number of aromatic hydroxyl groups is 1. The molecule has 3 rings (SSSR count). The van der Waals surface area contributed by atoms with Crippen LogP contribution in [0.2, 0.25) is 0 Å². The Bertz CT molecular complexity index is 1100. The van der Waals surface area contributed by atoms with Crippen molar-refractivity contribution in [3.05, 3.63) is 55.5 Å². The minimum absolute atomic E-state index is 0.146. The molecule has 29 heavy (non-hydrogen) atoms. The summed E-state index contributed by atoms with van der Waals surface area (Å²) in [6.07, 6.45) is -3.13. The van der Waals surface area contributed by atoms with Crippen LogP contribution in [0.3, 0.4) is 0 Å². The van der Waals surface area contributed by atoms with Crippen molar-refractivity contribution in [1.29, 1.82) is 0 Å². The van der Waals surface area contributed by atoms with Gasteiger partial charge in [0.25, 0.3) is 0 Å². The Morgan fingerprint density at radius 1 is 1.24 bits per heavy atom. The van der Waals surface area contributed by atoms with Gasteiger partial charge in [0, 0.05) is 18.0 Å². The lowest BCUT2D eigenvalue weighted by Gasteiger charge is -2.17. The molecule has 5 nitrogen and oxygen atoms in total. The second-order valence-electron chi connectivity index (χ2n) is 5.94. The first-order valence-electron chi connectivity index (χ1n) is 7.97. The molecule has 0 saturated heterocycles. The summed E-state index contributed by atoms with van der Waals surface area (Å²) in [4.78, 5) is 19.6. The third kappa shape index (κ3) is 3.52. The molecule has 0 radical (unpaired) electrons. The predicted molar refractivity (Wildman–Crippen MR) is 98.7 cm³/mol. The molecular formula is C17H10Br2F5N3O2. The van der Waals surface area contributed by atoms with Crippen molar-refractivity contribution in [3.63, 3.8) is 0 Å². The lowest BCUT2D eigenvalue weighted by molar-refractivity contribution is -0.138. The van der Waals surface area contributed by atoms with E-state index in [0.29, 0.717) is 12.4 Å². The van der Waals surface area contributed by atoms with Crippen LogP contribution < -0.4 is 0 Å². The lowest BCUT2D eigenvalue weighted by Crippen LogP contribution is -2.15. The number of carbonyl (C=O) groups excluding carboxylic acids is 1. The van der Waals surface area contributed by atoms with Gasteiger partial charge < -0.3 is 9.90 Å². The highest BCUT2D eigenvalue weighted by atomic mass is 79.9. The van der Waals surface area contributed by atoms with Crippen LogP contribution in [0.5, 0.6) is 5.75 Å². The number of aromatic nitrogens is 3. The Balaban J connectivity index is 2.38. The highest BCUT2D eigenvalue weighted by molar-refractivity contribution is 9.11. The Hall–Kier alpha value is -2.08. The SMILES string of the molecule is CCc1nc2ncc(C(F)(F)F)cn2c1C(C=O)c1c(F)c(Br)c(O)c(Br)c1F. The van der Waals surface area contributed by atoms with E-state index in [2.05, 4.69) is 41.8 Å². The molecule has 0 aliphatic heterocycles. The number of rotatable bonds is 4. The minimum Gasteiger partial charge on any atom is -0.505 e. The van der Waals surface area contributed by atoms with Crippen LogP contribution in [-0.4, -0.2) is 25.8 Å². The van der Waals surface area contributed by atoms with E-state index in [1.165, 1.54) is 0 Å². The van der Waals surface area contributed by atoms with Crippen molar-refractivity contribution in [1.82, 2.24) is 14.4 Å². The molecule has 1 unspecified atom stereocenters. The maximum absolute atomic E-state index is 14.8. The summed E-state index contributed by atoms with van der Waals surface area (Å²) < 4.78 is 68.8. The molecule has 3 aromatic rings. The van der Waals surface area contributed by atoms with E-state index in [1.54, 1.807) is 6.92 Å². The van der Waals surface area contributed by atoms with Crippen LogP contribution >= 0.6 is 31.9 Å². The standard InChI is InChI=1S/C17H10Br2F5N3O2/c1-2-8-14(27-4-6(17(22,23)24)3-25-16(27)26-8)7(5-28)9-12(20)10(18)15(29)11(19)13(9)21/h3-5,7,29H,2H2,1H3. The van der Waals surface area contributed by atoms with Crippen molar-refractivity contribution >= 4 is 43.9 Å². The van der Waals surface area contributed by atoms with Crippen molar-refractivity contribution in [3.8, 4) is 5.75 Å². The normalized spacial score (nSPS) is 13.1. The van der Waals surface area contributed by atoms with Crippen molar-refractivity contribution in [2.45, 2.75) is 25.4 Å². The average molecular weight is 543 g/mol. The van der Waals surface area contributed by atoms with Gasteiger partial charge in [-0.15, -0.1) is 0 Å². The van der Waals surface area contributed by atoms with Gasteiger partial charge in [-0.2, -0.15) is 13.2 Å². The number of hydrogen-bond acceptors (Lipinski definition) is 4. The number of hydrogen-bond donors (Lipinski definition) is 1. The number of aryl methyl sites for hydroxylation is 1. The third-order valence-electron chi connectivity index (χ3n) is 4.27. The largest absolute Gasteiger partial charge is 0.505 e. The number of phenolic OH excluding ortho intramolecular Hbond substituents is 1. The summed E-state index contributed by atoms with van der Waals surface area (Å²) in [6, 6.07) is 0. The maximum Gasteiger partial charge on any atom is 0.419 e. The van der Waals surface area contributed by atoms with Crippen molar-refractivity contribution < 1.29 is 31.9 Å². The maximum atomic E-state index is 14.8. The van der Waals surface area contributed by atoms with Gasteiger partial charge in [-0.05, 0) is 38.3 Å². The zero-order valence-electron chi connectivity index (χ0n) is 14.4. The van der Waals surface area contributed by atoms with E-state index >= 15 is 0 Å². The fourth-order valence-corrected chi connectivity index (χ4v) is 4.00. The molecule has 1 atom stereocenters. The quantitative estimate of drug-likeness (QED) is 0.281. The first kappa shape index (κ1) is 21.6. The molecular weight excluding hydrogens is 533 g/mol. The summed E-state index contributed by atoms with van der Waals surface area (Å²) in [5.41, 5.74) is -1.89. The number of halogens is 7. The highest BCUT2D eigenvalue weighted by Crippen LogP contribution is 2.43. The molecule has 0 amide bonds. The molecule has 0 bridgehead atoms. The second-order valence-corrected chi connectivity index (χ2v) is 7.53. The molecule has 154 valence electrons. The van der Waals surface area contributed by atoms with Crippen LogP contribution in [-0.2, 0) is 17.4 Å². The van der Waals surface area contributed by atoms with E-state index < -0.39 is 49.6 Å². The van der Waals surface area contributed by atoms with Gasteiger partial charge in [0.05, 0.1) is 31.8 Å². The fraction of sp³-hybridized carbons (Fsp3) is 0.235. The van der Waals surface area contributed by atoms with Crippen LogP contribution in [0.1, 0.15) is 35.4 Å². The van der Waals surface area contributed by atoms with E-state index in [-0.39, 0.29) is 29.9 Å². The van der Waals surface area contributed by atoms with Crippen LogP contribution in [0.4, 0.5) is 22.0 Å². The molecule has 2 heterocycles. The van der Waals surface area contributed by atoms with Crippen LogP contribution in [0.15, 0.2) is 21.3 Å². The van der Waals surface area contributed by atoms with Gasteiger partial charge in [0.2, 0.25) is 5.78 Å². The summed E-state index contributed by atoms with van der Waals surface area (Å²) in [5, 5.41) is 9.76. The van der Waals surface area contributed by atoms with E-state index in [1.807, 2.05) is 0 Å². The number of imidazole rings is 1. The average Bonchev–Trinajstić information content (AvgIpc) is 3.05. The minimum atomic E-state index is -4.73. The van der Waals surface area contributed by atoms with Gasteiger partial charge in [0.15, 0.2) is 0 Å². The van der Waals surface area contributed by atoms with Gasteiger partial charge >= 0.3 is 6.18 Å². The lowest BCUT2D eigenvalue weighted by atomic mass is 9.93. The molecule has 0 aliphatic carbocycles. The number of phenols is 1. The molecule has 0 saturated carbocycles. The second kappa shape index (κ2) is 7.63. The molecule has 1 aromatic carbocycles. The molecule has 1 N–H and O–H groups in total. The van der Waals surface area contributed by atoms with E-state index in [9.17, 15) is 31.9 Å². The molecule has 12 heteroatoms. The molecule has 2 aromatic heterocycles. The van der Waals surface area contributed by atoms with E-state index in [4.69, 9.17) is 0 Å². The monoisotopic (exact) mass is 541 g/mol. The zero-order valence-corrected chi connectivity index (χ0v) is 17.5. The number of aldehydes is 1. The highest BCUT2D eigenvalue weighted by Gasteiger charge is 2.35. The van der Waals surface area contributed by atoms with Gasteiger partial charge in [0.1, 0.15) is 23.7 Å². The van der Waals surface area contributed by atoms with Gasteiger partial charge in [-0.25, -0.2) is 18.7 Å². The topological polar surface area (TPSA) is 67.5 Å². The van der Waals surface area contributed by atoms with Crippen LogP contribution in [0, 0.1) is 11.6 Å². The Morgan fingerprint density at radius 3 is 2.31 bits per heavy atom. The summed E-state index contributed by atoms with van der Waals surface area (Å²) in [7, 11) is 0. The Labute approximate surface area is 176 Å². The Kier molecular flexibility index (Phi) is 5.69. The number of alkyl halides is 3. The third-order valence-corrected chi connectivity index (χ3v) is 5.72. The number of fused-ring (bicyclic) bond motifs is 1. The van der Waals surface area contributed by atoms with Gasteiger partial charge in [-0.3, -0.25) is 4.40 Å². The summed E-state index contributed by atoms with van der Waals surface area (Å²) in [6.45, 7) is 1.62. The first-order valence-corrected chi connectivity index (χ1v) is 9.55. The molecule has 0 spiro atoms. The molecule has 0 fully saturated rings. The van der Waals surface area contributed by atoms with Crippen molar-refractivity contribution in [2.24, 2.45) is 0 Å². The van der Waals surface area contributed by atoms with E-state index in [0.717, 1.165) is 4.40 Å². The van der Waals surface area contributed by atoms with Gasteiger partial charge in [-0.1, -0.05) is 6.92 Å². The number of benzene rings is 1. The molecule has 0 aliphatic rings. The fourth-order valence-electron chi connectivity index (χ4n) is 2.91. The predicted octanol–water partition coefficient (Wildman–Crippen LogP) is 5.15. The van der Waals surface area contributed by atoms with Crippen LogP contribution in [0.25, 0.3) is 5.78 Å². The zero-order chi connectivity index (χ0) is 21.7. The number of nitrogens with zero attached hydrogens (tertiary/aromatic N) is 3. The number of carbonyl (C=O) groups is 1. The first-order chi connectivity index (χ1) is 13.5. The van der Waals surface area contributed by atoms with Crippen molar-refractivity contribution in [2.75, 3.05) is 0 Å².